The predicted octanol–water partition coefficient (Wildman–Crippen LogP) is 4.26. The van der Waals surface area contributed by atoms with Crippen LogP contribution in [-0.2, 0) is 11.0 Å². The van der Waals surface area contributed by atoms with Crippen LogP contribution >= 0.6 is 0 Å². The van der Waals surface area contributed by atoms with Crippen molar-refractivity contribution in [3.05, 3.63) is 65.7 Å². The second-order valence-electron chi connectivity index (χ2n) is 5.74. The third-order valence-electron chi connectivity index (χ3n) is 3.79. The van der Waals surface area contributed by atoms with Crippen LogP contribution in [0.5, 0.6) is 11.5 Å². The van der Waals surface area contributed by atoms with Crippen LogP contribution in [-0.4, -0.2) is 38.1 Å². The Labute approximate surface area is 155 Å². The summed E-state index contributed by atoms with van der Waals surface area (Å²) in [5.41, 5.74) is -0.210. The molecule has 0 heterocycles. The van der Waals surface area contributed by atoms with E-state index in [0.29, 0.717) is 24.5 Å². The van der Waals surface area contributed by atoms with E-state index < -0.39 is 11.7 Å². The van der Waals surface area contributed by atoms with Crippen LogP contribution in [0.4, 0.5) is 13.2 Å². The maximum absolute atomic E-state index is 12.5. The Morgan fingerprint density at radius 1 is 1.04 bits per heavy atom. The molecule has 0 aliphatic rings. The van der Waals surface area contributed by atoms with Gasteiger partial charge in [-0.3, -0.25) is 4.79 Å². The minimum absolute atomic E-state index is 0.270. The number of benzene rings is 2. The minimum atomic E-state index is -4.37. The molecular weight excluding hydrogens is 359 g/mol. The molecule has 1 amide bonds. The van der Waals surface area contributed by atoms with Crippen molar-refractivity contribution in [2.75, 3.05) is 27.3 Å². The molecule has 0 spiro atoms. The van der Waals surface area contributed by atoms with Crippen molar-refractivity contribution >= 4 is 12.0 Å². The minimum Gasteiger partial charge on any atom is -0.497 e. The quantitative estimate of drug-likeness (QED) is 0.675. The van der Waals surface area contributed by atoms with E-state index in [4.69, 9.17) is 9.47 Å². The summed E-state index contributed by atoms with van der Waals surface area (Å²) in [5.74, 6) is 1.12. The molecule has 27 heavy (non-hydrogen) atoms. The average molecular weight is 379 g/mol. The van der Waals surface area contributed by atoms with E-state index in [-0.39, 0.29) is 5.91 Å². The molecule has 2 rings (SSSR count). The Morgan fingerprint density at radius 2 is 1.63 bits per heavy atom. The first-order chi connectivity index (χ1) is 12.8. The van der Waals surface area contributed by atoms with E-state index in [1.165, 1.54) is 29.2 Å². The van der Waals surface area contributed by atoms with Crippen molar-refractivity contribution in [1.29, 1.82) is 0 Å². The molecule has 0 atom stereocenters. The van der Waals surface area contributed by atoms with E-state index in [1.807, 2.05) is 0 Å². The van der Waals surface area contributed by atoms with Crippen molar-refractivity contribution < 1.29 is 27.4 Å². The zero-order valence-electron chi connectivity index (χ0n) is 15.0. The number of carbonyl (C=O) groups is 1. The van der Waals surface area contributed by atoms with Gasteiger partial charge in [-0.25, -0.2) is 0 Å². The molecule has 0 aliphatic carbocycles. The third-order valence-corrected chi connectivity index (χ3v) is 3.79. The number of hydrogen-bond acceptors (Lipinski definition) is 3. The molecule has 4 nitrogen and oxygen atoms in total. The maximum atomic E-state index is 12.5. The van der Waals surface area contributed by atoms with Gasteiger partial charge in [-0.15, -0.1) is 0 Å². The Kier molecular flexibility index (Phi) is 6.87. The average Bonchev–Trinajstić information content (AvgIpc) is 2.66. The lowest BCUT2D eigenvalue weighted by molar-refractivity contribution is -0.137. The summed E-state index contributed by atoms with van der Waals surface area (Å²) in [6, 6.07) is 11.7. The molecule has 0 N–H and O–H groups in total. The van der Waals surface area contributed by atoms with Gasteiger partial charge < -0.3 is 14.4 Å². The highest BCUT2D eigenvalue weighted by Gasteiger charge is 2.29. The predicted molar refractivity (Wildman–Crippen MR) is 96.6 cm³/mol. The van der Waals surface area contributed by atoms with E-state index in [1.54, 1.807) is 38.4 Å². The summed E-state index contributed by atoms with van der Waals surface area (Å²) in [5, 5.41) is 0. The first-order valence-corrected chi connectivity index (χ1v) is 8.17. The second kappa shape index (κ2) is 9.12. The van der Waals surface area contributed by atoms with Crippen molar-refractivity contribution in [1.82, 2.24) is 4.90 Å². The van der Waals surface area contributed by atoms with E-state index in [9.17, 15) is 18.0 Å². The van der Waals surface area contributed by atoms with Crippen LogP contribution in [0.3, 0.4) is 0 Å². The molecule has 0 aromatic heterocycles. The molecule has 0 fully saturated rings. The number of hydrogen-bond donors (Lipinski definition) is 0. The van der Waals surface area contributed by atoms with Crippen LogP contribution in [0.25, 0.3) is 6.08 Å². The van der Waals surface area contributed by atoms with Crippen LogP contribution in [0, 0.1) is 0 Å². The lowest BCUT2D eigenvalue weighted by Crippen LogP contribution is -2.29. The smallest absolute Gasteiger partial charge is 0.416 e. The number of methoxy groups -OCH3 is 1. The topological polar surface area (TPSA) is 38.8 Å². The summed E-state index contributed by atoms with van der Waals surface area (Å²) in [6.45, 7) is 0.672. The molecule has 0 radical (unpaired) electrons. The molecule has 0 saturated carbocycles. The van der Waals surface area contributed by atoms with Crippen LogP contribution in [0.1, 0.15) is 11.1 Å². The molecule has 0 bridgehead atoms. The number of rotatable bonds is 7. The first-order valence-electron chi connectivity index (χ1n) is 8.17. The fourth-order valence-electron chi connectivity index (χ4n) is 2.16. The molecule has 2 aromatic carbocycles. The molecule has 7 heteroatoms. The largest absolute Gasteiger partial charge is 0.497 e. The first kappa shape index (κ1) is 20.4. The molecule has 0 aliphatic heterocycles. The zero-order chi connectivity index (χ0) is 19.9. The van der Waals surface area contributed by atoms with Crippen LogP contribution in [0.2, 0.25) is 0 Å². The molecule has 0 saturated heterocycles. The van der Waals surface area contributed by atoms with Crippen molar-refractivity contribution in [2.24, 2.45) is 0 Å². The summed E-state index contributed by atoms with van der Waals surface area (Å²) in [4.78, 5) is 13.5. The van der Waals surface area contributed by atoms with Crippen molar-refractivity contribution in [3.8, 4) is 11.5 Å². The number of likely N-dealkylation sites (N-methyl/N-ethyl adjacent to an activating group) is 1. The van der Waals surface area contributed by atoms with Crippen LogP contribution < -0.4 is 9.47 Å². The lowest BCUT2D eigenvalue weighted by Gasteiger charge is -2.15. The zero-order valence-corrected chi connectivity index (χ0v) is 15.0. The Morgan fingerprint density at radius 3 is 2.19 bits per heavy atom. The van der Waals surface area contributed by atoms with Gasteiger partial charge >= 0.3 is 6.18 Å². The molecule has 0 unspecified atom stereocenters. The highest BCUT2D eigenvalue weighted by Crippen LogP contribution is 2.29. The van der Waals surface area contributed by atoms with Gasteiger partial charge in [0.25, 0.3) is 0 Å². The van der Waals surface area contributed by atoms with Crippen LogP contribution in [0.15, 0.2) is 54.6 Å². The third kappa shape index (κ3) is 6.36. The highest BCUT2D eigenvalue weighted by molar-refractivity contribution is 5.91. The van der Waals surface area contributed by atoms with Gasteiger partial charge in [-0.05, 0) is 48.0 Å². The normalized spacial score (nSPS) is 11.4. The fourth-order valence-corrected chi connectivity index (χ4v) is 2.16. The van der Waals surface area contributed by atoms with Gasteiger partial charge in [-0.1, -0.05) is 12.1 Å². The second-order valence-corrected chi connectivity index (χ2v) is 5.74. The lowest BCUT2D eigenvalue weighted by atomic mass is 10.1. The van der Waals surface area contributed by atoms with Gasteiger partial charge in [0.2, 0.25) is 5.91 Å². The summed E-state index contributed by atoms with van der Waals surface area (Å²) >= 11 is 0. The summed E-state index contributed by atoms with van der Waals surface area (Å²) in [7, 11) is 3.20. The molecule has 144 valence electrons. The highest BCUT2D eigenvalue weighted by atomic mass is 19.4. The Balaban J connectivity index is 1.81. The van der Waals surface area contributed by atoms with E-state index in [0.717, 1.165) is 17.9 Å². The standard InChI is InChI=1S/C20H20F3NO3/c1-24(13-14-27-18-10-8-17(26-2)9-11-18)19(25)12-5-15-3-6-16(7-4-15)20(21,22)23/h3-12H,13-14H2,1-2H3/b12-5+. The van der Waals surface area contributed by atoms with E-state index in [2.05, 4.69) is 0 Å². The monoisotopic (exact) mass is 379 g/mol. The van der Waals surface area contributed by atoms with Crippen molar-refractivity contribution in [2.45, 2.75) is 6.18 Å². The number of nitrogens with zero attached hydrogens (tertiary/aromatic N) is 1. The molecular formula is C20H20F3NO3. The number of ether oxygens (including phenoxy) is 2. The van der Waals surface area contributed by atoms with Gasteiger partial charge in [0.05, 0.1) is 19.2 Å². The van der Waals surface area contributed by atoms with Gasteiger partial charge in [0.1, 0.15) is 18.1 Å². The summed E-state index contributed by atoms with van der Waals surface area (Å²) in [6.07, 6.45) is -1.58. The van der Waals surface area contributed by atoms with Gasteiger partial charge in [-0.2, -0.15) is 13.2 Å². The SMILES string of the molecule is COc1ccc(OCCN(C)C(=O)/C=C/c2ccc(C(F)(F)F)cc2)cc1. The molecule has 2 aromatic rings. The number of carbonyl (C=O) groups excluding carboxylic acids is 1. The van der Waals surface area contributed by atoms with Gasteiger partial charge in [0, 0.05) is 13.1 Å². The number of alkyl halides is 3. The summed E-state index contributed by atoms with van der Waals surface area (Å²) < 4.78 is 48.2. The Bertz CT molecular complexity index is 769. The number of halogens is 3. The van der Waals surface area contributed by atoms with E-state index >= 15 is 0 Å². The Hall–Kier alpha value is -2.96. The number of amides is 1. The van der Waals surface area contributed by atoms with Gasteiger partial charge in [0.15, 0.2) is 0 Å². The fraction of sp³-hybridized carbons (Fsp3) is 0.250. The van der Waals surface area contributed by atoms with Crippen molar-refractivity contribution in [3.63, 3.8) is 0 Å². The maximum Gasteiger partial charge on any atom is 0.416 e.